The number of hydrogen-bond acceptors (Lipinski definition) is 1. The van der Waals surface area contributed by atoms with Gasteiger partial charge in [-0.2, -0.15) is 6.42 Å². The molecule has 1 fully saturated rings. The van der Waals surface area contributed by atoms with Gasteiger partial charge in [0, 0.05) is 32.7 Å². The maximum Gasteiger partial charge on any atom is 0 e. The molecule has 1 atom stereocenters. The molecular formula is C10H20NY-. The van der Waals surface area contributed by atoms with Crippen LogP contribution in [0.2, 0.25) is 0 Å². The van der Waals surface area contributed by atoms with Gasteiger partial charge >= 0.3 is 0 Å². The fourth-order valence-electron chi connectivity index (χ4n) is 2.15. The van der Waals surface area contributed by atoms with Gasteiger partial charge in [-0.25, -0.2) is 0 Å². The molecule has 1 heterocycles. The van der Waals surface area contributed by atoms with Crippen molar-refractivity contribution in [2.45, 2.75) is 33.1 Å². The zero-order chi connectivity index (χ0) is 8.32. The molecule has 1 unspecified atom stereocenters. The van der Waals surface area contributed by atoms with Crippen LogP contribution in [0, 0.1) is 18.3 Å². The topological polar surface area (TPSA) is 12.0 Å². The minimum atomic E-state index is 0. The molecule has 2 heteroatoms. The van der Waals surface area contributed by atoms with E-state index in [0.29, 0.717) is 5.41 Å². The molecule has 0 aromatic rings. The Balaban J connectivity index is 0.00000121. The van der Waals surface area contributed by atoms with Crippen LogP contribution in [0.5, 0.6) is 0 Å². The van der Waals surface area contributed by atoms with Crippen molar-refractivity contribution in [1.29, 1.82) is 0 Å². The molecule has 1 aliphatic rings. The van der Waals surface area contributed by atoms with Gasteiger partial charge in [-0.05, 0) is 37.3 Å². The average molecular weight is 243 g/mol. The van der Waals surface area contributed by atoms with E-state index in [1.165, 1.54) is 25.9 Å². The van der Waals surface area contributed by atoms with Crippen LogP contribution in [-0.4, -0.2) is 13.1 Å². The van der Waals surface area contributed by atoms with Gasteiger partial charge in [0.2, 0.25) is 0 Å². The van der Waals surface area contributed by atoms with Gasteiger partial charge in [-0.1, -0.05) is 13.8 Å². The molecule has 1 radical (unpaired) electrons. The van der Waals surface area contributed by atoms with Crippen molar-refractivity contribution < 1.29 is 32.7 Å². The summed E-state index contributed by atoms with van der Waals surface area (Å²) in [5, 5.41) is 3.43. The Kier molecular flexibility index (Phi) is 6.23. The first-order chi connectivity index (χ1) is 5.18. The second kappa shape index (κ2) is 5.72. The van der Waals surface area contributed by atoms with Gasteiger partial charge < -0.3 is 12.2 Å². The van der Waals surface area contributed by atoms with Crippen molar-refractivity contribution in [2.24, 2.45) is 11.3 Å². The van der Waals surface area contributed by atoms with Crippen LogP contribution in [0.1, 0.15) is 33.1 Å². The molecule has 0 saturated carbocycles. The van der Waals surface area contributed by atoms with Gasteiger partial charge in [0.15, 0.2) is 0 Å². The normalized spacial score (nSPS) is 29.0. The molecule has 1 saturated heterocycles. The number of nitrogens with one attached hydrogen (secondary N) is 1. The second-order valence-electron chi connectivity index (χ2n) is 4.27. The van der Waals surface area contributed by atoms with Gasteiger partial charge in [0.05, 0.1) is 0 Å². The predicted molar refractivity (Wildman–Crippen MR) is 49.3 cm³/mol. The van der Waals surface area contributed by atoms with Gasteiger partial charge in [0.1, 0.15) is 0 Å². The molecule has 0 amide bonds. The summed E-state index contributed by atoms with van der Waals surface area (Å²) in [5.41, 5.74) is 0.536. The van der Waals surface area contributed by atoms with Crippen LogP contribution in [0.15, 0.2) is 0 Å². The van der Waals surface area contributed by atoms with E-state index < -0.39 is 0 Å². The Hall–Kier alpha value is 1.06. The smallest absolute Gasteiger partial charge is 0 e. The van der Waals surface area contributed by atoms with Gasteiger partial charge in [0.25, 0.3) is 0 Å². The summed E-state index contributed by atoms with van der Waals surface area (Å²) in [4.78, 5) is 0. The Morgan fingerprint density at radius 3 is 2.50 bits per heavy atom. The minimum Gasteiger partial charge on any atom is -0.343 e. The molecule has 0 aromatic carbocycles. The molecule has 1 N–H and O–H groups in total. The van der Waals surface area contributed by atoms with Gasteiger partial charge in [-0.3, -0.25) is 0 Å². The third-order valence-electron chi connectivity index (χ3n) is 2.70. The van der Waals surface area contributed by atoms with Crippen molar-refractivity contribution >= 4 is 0 Å². The number of hydrogen-bond donors (Lipinski definition) is 1. The molecule has 69 valence electrons. The summed E-state index contributed by atoms with van der Waals surface area (Å²) < 4.78 is 0. The van der Waals surface area contributed by atoms with Gasteiger partial charge in [-0.15, -0.1) is 0 Å². The van der Waals surface area contributed by atoms with Crippen molar-refractivity contribution in [3.8, 4) is 0 Å². The Morgan fingerprint density at radius 1 is 1.50 bits per heavy atom. The molecule has 0 bridgehead atoms. The van der Waals surface area contributed by atoms with Crippen molar-refractivity contribution in [3.63, 3.8) is 0 Å². The summed E-state index contributed by atoms with van der Waals surface area (Å²) in [5.74, 6) is 0.816. The fourth-order valence-corrected chi connectivity index (χ4v) is 2.15. The van der Waals surface area contributed by atoms with Crippen LogP contribution in [0.4, 0.5) is 0 Å². The van der Waals surface area contributed by atoms with E-state index in [1.807, 2.05) is 0 Å². The third-order valence-corrected chi connectivity index (χ3v) is 2.70. The summed E-state index contributed by atoms with van der Waals surface area (Å²) in [6.45, 7) is 11.0. The van der Waals surface area contributed by atoms with Crippen LogP contribution in [0.3, 0.4) is 0 Å². The van der Waals surface area contributed by atoms with Crippen molar-refractivity contribution in [1.82, 2.24) is 5.32 Å². The Labute approximate surface area is 102 Å². The van der Waals surface area contributed by atoms with Crippen LogP contribution >= 0.6 is 0 Å². The largest absolute Gasteiger partial charge is 0.343 e. The van der Waals surface area contributed by atoms with E-state index in [1.54, 1.807) is 0 Å². The third kappa shape index (κ3) is 3.43. The molecule has 12 heavy (non-hydrogen) atoms. The molecule has 1 rings (SSSR count). The first kappa shape index (κ1) is 13.1. The molecule has 1 aliphatic heterocycles. The second-order valence-corrected chi connectivity index (χ2v) is 4.27. The zero-order valence-electron chi connectivity index (χ0n) is 8.40. The van der Waals surface area contributed by atoms with Crippen molar-refractivity contribution in [3.05, 3.63) is 6.92 Å². The van der Waals surface area contributed by atoms with E-state index in [0.717, 1.165) is 12.3 Å². The first-order valence-corrected chi connectivity index (χ1v) is 4.68. The quantitative estimate of drug-likeness (QED) is 0.749. The minimum absolute atomic E-state index is 0. The van der Waals surface area contributed by atoms with Crippen molar-refractivity contribution in [2.75, 3.05) is 13.1 Å². The zero-order valence-corrected chi connectivity index (χ0v) is 11.2. The fraction of sp³-hybridized carbons (Fsp3) is 0.900. The SMILES string of the molecule is [CH2-]CC1(CC(C)C)CCNC1.[Y]. The summed E-state index contributed by atoms with van der Waals surface area (Å²) in [6.07, 6.45) is 3.76. The Morgan fingerprint density at radius 2 is 2.17 bits per heavy atom. The van der Waals surface area contributed by atoms with E-state index in [9.17, 15) is 0 Å². The summed E-state index contributed by atoms with van der Waals surface area (Å²) >= 11 is 0. The average Bonchev–Trinajstić information content (AvgIpc) is 2.36. The monoisotopic (exact) mass is 243 g/mol. The molecular weight excluding hydrogens is 223 g/mol. The Bertz CT molecular complexity index is 117. The first-order valence-electron chi connectivity index (χ1n) is 4.68. The predicted octanol–water partition coefficient (Wildman–Crippen LogP) is 2.23. The molecule has 0 spiro atoms. The maximum atomic E-state index is 4.05. The van der Waals surface area contributed by atoms with Crippen LogP contribution < -0.4 is 5.32 Å². The number of rotatable bonds is 3. The van der Waals surface area contributed by atoms with E-state index in [-0.39, 0.29) is 32.7 Å². The summed E-state index contributed by atoms with van der Waals surface area (Å²) in [7, 11) is 0. The molecule has 1 nitrogen and oxygen atoms in total. The summed E-state index contributed by atoms with van der Waals surface area (Å²) in [6, 6.07) is 0. The molecule has 0 aliphatic carbocycles. The van der Waals surface area contributed by atoms with Crippen LogP contribution in [-0.2, 0) is 32.7 Å². The standard InChI is InChI=1S/C10H20N.Y/c1-4-10(7-9(2)3)5-6-11-8-10;/h9,11H,1,4-8H2,2-3H3;/q-1;. The van der Waals surface area contributed by atoms with E-state index >= 15 is 0 Å². The van der Waals surface area contributed by atoms with E-state index in [4.69, 9.17) is 0 Å². The maximum absolute atomic E-state index is 4.05. The van der Waals surface area contributed by atoms with E-state index in [2.05, 4.69) is 26.1 Å². The van der Waals surface area contributed by atoms with Crippen LogP contribution in [0.25, 0.3) is 0 Å². The molecule has 0 aromatic heterocycles.